The van der Waals surface area contributed by atoms with Crippen molar-refractivity contribution in [2.24, 2.45) is 0 Å². The lowest BCUT2D eigenvalue weighted by molar-refractivity contribution is 0.265. The van der Waals surface area contributed by atoms with E-state index in [1.165, 1.54) is 0 Å². The van der Waals surface area contributed by atoms with E-state index in [-0.39, 0.29) is 5.24 Å². The van der Waals surface area contributed by atoms with Crippen molar-refractivity contribution in [1.82, 2.24) is 0 Å². The number of hydrogen-bond donors (Lipinski definition) is 1. The molecule has 0 bridgehead atoms. The zero-order valence-corrected chi connectivity index (χ0v) is 10.2. The molecule has 0 radical (unpaired) electrons. The number of amides is 1. The molecule has 0 spiro atoms. The van der Waals surface area contributed by atoms with Crippen LogP contribution in [0.2, 0.25) is 0 Å². The second kappa shape index (κ2) is 5.55. The molecule has 2 aromatic rings. The quantitative estimate of drug-likeness (QED) is 0.814. The first-order chi connectivity index (χ1) is 8.27. The summed E-state index contributed by atoms with van der Waals surface area (Å²) in [5.74, 6) is 0. The largest absolute Gasteiger partial charge is 0.299 e. The minimum Gasteiger partial charge on any atom is -0.299 e. The Hall–Kier alpha value is -1.74. The standard InChI is InChI=1S/C14H13NOS/c16-14(17)15(13-9-5-2-6-10-13)11-12-7-3-1-4-8-12/h1-10H,11H2,(H,16,17). The van der Waals surface area contributed by atoms with Crippen LogP contribution in [0.15, 0.2) is 60.7 Å². The van der Waals surface area contributed by atoms with Crippen molar-refractivity contribution in [3.05, 3.63) is 66.2 Å². The smallest absolute Gasteiger partial charge is 0.283 e. The molecule has 86 valence electrons. The molecule has 2 aromatic carbocycles. The number of rotatable bonds is 3. The summed E-state index contributed by atoms with van der Waals surface area (Å²) in [4.78, 5) is 13.2. The van der Waals surface area contributed by atoms with Gasteiger partial charge in [-0.1, -0.05) is 61.2 Å². The Morgan fingerprint density at radius 1 is 0.941 bits per heavy atom. The maximum Gasteiger partial charge on any atom is 0.283 e. The molecule has 2 rings (SSSR count). The Kier molecular flexibility index (Phi) is 3.83. The SMILES string of the molecule is O=C(S)N(Cc1ccccc1)c1ccccc1. The predicted molar refractivity (Wildman–Crippen MR) is 73.4 cm³/mol. The van der Waals surface area contributed by atoms with Crippen LogP contribution in [0.25, 0.3) is 0 Å². The summed E-state index contributed by atoms with van der Waals surface area (Å²) in [7, 11) is 0. The van der Waals surface area contributed by atoms with Crippen LogP contribution in [0.1, 0.15) is 5.56 Å². The van der Waals surface area contributed by atoms with Gasteiger partial charge in [-0.05, 0) is 17.7 Å². The van der Waals surface area contributed by atoms with Crippen LogP contribution >= 0.6 is 12.6 Å². The minimum absolute atomic E-state index is 0.250. The summed E-state index contributed by atoms with van der Waals surface area (Å²) in [6.07, 6.45) is 0. The number of para-hydroxylation sites is 1. The average Bonchev–Trinajstić information content (AvgIpc) is 2.38. The molecule has 0 aliphatic heterocycles. The molecule has 0 aliphatic carbocycles. The van der Waals surface area contributed by atoms with E-state index in [4.69, 9.17) is 0 Å². The van der Waals surface area contributed by atoms with Gasteiger partial charge in [-0.15, -0.1) is 0 Å². The van der Waals surface area contributed by atoms with E-state index < -0.39 is 0 Å². The summed E-state index contributed by atoms with van der Waals surface area (Å²) in [5.41, 5.74) is 1.94. The second-order valence-corrected chi connectivity index (χ2v) is 4.07. The van der Waals surface area contributed by atoms with Gasteiger partial charge in [-0.3, -0.25) is 9.69 Å². The van der Waals surface area contributed by atoms with E-state index in [1.54, 1.807) is 4.90 Å². The third kappa shape index (κ3) is 3.11. The first kappa shape index (κ1) is 11.7. The Morgan fingerprint density at radius 3 is 2.00 bits per heavy atom. The molecule has 0 saturated heterocycles. The Morgan fingerprint density at radius 2 is 1.47 bits per heavy atom. The van der Waals surface area contributed by atoms with Crippen LogP contribution in [0.4, 0.5) is 10.5 Å². The molecule has 0 N–H and O–H groups in total. The number of thiol groups is 1. The lowest BCUT2D eigenvalue weighted by Crippen LogP contribution is -2.24. The zero-order valence-electron chi connectivity index (χ0n) is 9.28. The molecule has 17 heavy (non-hydrogen) atoms. The molecule has 3 heteroatoms. The molecular formula is C14H13NOS. The van der Waals surface area contributed by atoms with E-state index in [1.807, 2.05) is 60.7 Å². The van der Waals surface area contributed by atoms with E-state index in [9.17, 15) is 4.79 Å². The predicted octanol–water partition coefficient (Wildman–Crippen LogP) is 3.74. The van der Waals surface area contributed by atoms with Crippen molar-refractivity contribution in [1.29, 1.82) is 0 Å². The number of benzene rings is 2. The lowest BCUT2D eigenvalue weighted by Gasteiger charge is -2.20. The topological polar surface area (TPSA) is 20.3 Å². The highest BCUT2D eigenvalue weighted by molar-refractivity contribution is 7.96. The highest BCUT2D eigenvalue weighted by Crippen LogP contribution is 2.18. The number of carbonyl (C=O) groups excluding carboxylic acids is 1. The number of hydrogen-bond acceptors (Lipinski definition) is 1. The lowest BCUT2D eigenvalue weighted by atomic mass is 10.2. The molecule has 0 aromatic heterocycles. The van der Waals surface area contributed by atoms with Crippen molar-refractivity contribution in [2.75, 3.05) is 4.90 Å². The number of nitrogens with zero attached hydrogens (tertiary/aromatic N) is 1. The summed E-state index contributed by atoms with van der Waals surface area (Å²) < 4.78 is 0. The monoisotopic (exact) mass is 243 g/mol. The maximum atomic E-state index is 11.5. The fourth-order valence-electron chi connectivity index (χ4n) is 1.64. The highest BCUT2D eigenvalue weighted by atomic mass is 32.1. The van der Waals surface area contributed by atoms with Gasteiger partial charge in [0.05, 0.1) is 6.54 Å². The van der Waals surface area contributed by atoms with Gasteiger partial charge in [0.15, 0.2) is 0 Å². The summed E-state index contributed by atoms with van der Waals surface area (Å²) in [5, 5.41) is -0.250. The Balaban J connectivity index is 2.23. The third-order valence-corrected chi connectivity index (χ3v) is 2.72. The first-order valence-electron chi connectivity index (χ1n) is 5.37. The van der Waals surface area contributed by atoms with Gasteiger partial charge in [-0.25, -0.2) is 0 Å². The van der Waals surface area contributed by atoms with Crippen LogP contribution in [-0.2, 0) is 6.54 Å². The normalized spacial score (nSPS) is 9.94. The molecule has 0 fully saturated rings. The van der Waals surface area contributed by atoms with E-state index in [0.717, 1.165) is 11.3 Å². The van der Waals surface area contributed by atoms with Crippen LogP contribution in [0.3, 0.4) is 0 Å². The van der Waals surface area contributed by atoms with Crippen molar-refractivity contribution in [3.8, 4) is 0 Å². The molecule has 0 atom stereocenters. The van der Waals surface area contributed by atoms with E-state index >= 15 is 0 Å². The van der Waals surface area contributed by atoms with Gasteiger partial charge in [0.1, 0.15) is 0 Å². The zero-order chi connectivity index (χ0) is 12.1. The van der Waals surface area contributed by atoms with Gasteiger partial charge in [0.2, 0.25) is 0 Å². The molecule has 1 amide bonds. The van der Waals surface area contributed by atoms with Crippen molar-refractivity contribution >= 4 is 23.6 Å². The molecule has 0 unspecified atom stereocenters. The first-order valence-corrected chi connectivity index (χ1v) is 5.81. The molecule has 0 aliphatic rings. The van der Waals surface area contributed by atoms with Crippen LogP contribution in [0, 0.1) is 0 Å². The van der Waals surface area contributed by atoms with Gasteiger partial charge >= 0.3 is 0 Å². The van der Waals surface area contributed by atoms with E-state index in [0.29, 0.717) is 6.54 Å². The molecular weight excluding hydrogens is 230 g/mol. The third-order valence-electron chi connectivity index (χ3n) is 2.48. The highest BCUT2D eigenvalue weighted by Gasteiger charge is 2.11. The van der Waals surface area contributed by atoms with Crippen LogP contribution < -0.4 is 4.90 Å². The summed E-state index contributed by atoms with van der Waals surface area (Å²) in [6.45, 7) is 0.535. The Labute approximate surface area is 106 Å². The second-order valence-electron chi connectivity index (χ2n) is 3.69. The Bertz CT molecular complexity index is 484. The van der Waals surface area contributed by atoms with Gasteiger partial charge in [0, 0.05) is 5.69 Å². The van der Waals surface area contributed by atoms with E-state index in [2.05, 4.69) is 12.6 Å². The molecule has 0 heterocycles. The number of carbonyl (C=O) groups is 1. The minimum atomic E-state index is -0.250. The average molecular weight is 243 g/mol. The van der Waals surface area contributed by atoms with Crippen molar-refractivity contribution in [2.45, 2.75) is 6.54 Å². The van der Waals surface area contributed by atoms with Crippen molar-refractivity contribution in [3.63, 3.8) is 0 Å². The van der Waals surface area contributed by atoms with Crippen LogP contribution in [-0.4, -0.2) is 5.24 Å². The molecule has 0 saturated carbocycles. The van der Waals surface area contributed by atoms with Gasteiger partial charge in [-0.2, -0.15) is 0 Å². The van der Waals surface area contributed by atoms with Crippen LogP contribution in [0.5, 0.6) is 0 Å². The summed E-state index contributed by atoms with van der Waals surface area (Å²) >= 11 is 3.92. The van der Waals surface area contributed by atoms with Gasteiger partial charge in [0.25, 0.3) is 5.24 Å². The maximum absolute atomic E-state index is 11.5. The summed E-state index contributed by atoms with van der Waals surface area (Å²) in [6, 6.07) is 19.4. The fourth-order valence-corrected chi connectivity index (χ4v) is 1.83. The van der Waals surface area contributed by atoms with Crippen molar-refractivity contribution < 1.29 is 4.79 Å². The number of anilines is 1. The molecule has 2 nitrogen and oxygen atoms in total. The van der Waals surface area contributed by atoms with Gasteiger partial charge < -0.3 is 0 Å². The fraction of sp³-hybridized carbons (Fsp3) is 0.0714.